The zero-order valence-electron chi connectivity index (χ0n) is 14.3. The second kappa shape index (κ2) is 10.5. The molecule has 2 amide bonds. The maximum atomic E-state index is 12.3. The number of carbonyl (C=O) groups is 2. The van der Waals surface area contributed by atoms with Crippen LogP contribution in [0.1, 0.15) is 10.4 Å². The summed E-state index contributed by atoms with van der Waals surface area (Å²) in [4.78, 5) is 24.1. The largest absolute Gasteiger partial charge is 0.496 e. The number of hydrazine groups is 1. The maximum absolute atomic E-state index is 12.3. The third-order valence-electron chi connectivity index (χ3n) is 3.20. The Labute approximate surface area is 184 Å². The smallest absolute Gasteiger partial charge is 0.276 e. The predicted molar refractivity (Wildman–Crippen MR) is 114 cm³/mol. The van der Waals surface area contributed by atoms with Crippen LogP contribution in [0.15, 0.2) is 40.9 Å². The number of hydrogen-bond donors (Lipinski definition) is 3. The van der Waals surface area contributed by atoms with Crippen LogP contribution in [0.4, 0.5) is 0 Å². The lowest BCUT2D eigenvalue weighted by molar-refractivity contribution is -0.123. The minimum absolute atomic E-state index is 0.107. The molecular weight excluding hydrogens is 493 g/mol. The highest BCUT2D eigenvalue weighted by Gasteiger charge is 2.14. The van der Waals surface area contributed by atoms with Gasteiger partial charge in [-0.05, 0) is 48.6 Å². The second-order valence-corrected chi connectivity index (χ2v) is 7.33. The summed E-state index contributed by atoms with van der Waals surface area (Å²) < 4.78 is 11.1. The Morgan fingerprint density at radius 1 is 1.11 bits per heavy atom. The highest BCUT2D eigenvalue weighted by molar-refractivity contribution is 9.10. The average molecular weight is 507 g/mol. The van der Waals surface area contributed by atoms with Crippen LogP contribution < -0.4 is 25.6 Å². The molecule has 2 rings (SSSR count). The Balaban J connectivity index is 1.82. The van der Waals surface area contributed by atoms with Crippen LogP contribution in [-0.2, 0) is 4.79 Å². The minimum atomic E-state index is -0.539. The first-order chi connectivity index (χ1) is 13.3. The molecule has 3 N–H and O–H groups in total. The fourth-order valence-corrected chi connectivity index (χ4v) is 2.93. The van der Waals surface area contributed by atoms with Crippen molar-refractivity contribution < 1.29 is 19.1 Å². The zero-order chi connectivity index (χ0) is 20.7. The van der Waals surface area contributed by atoms with Crippen LogP contribution in [0.5, 0.6) is 11.5 Å². The van der Waals surface area contributed by atoms with Gasteiger partial charge in [-0.15, -0.1) is 0 Å². The van der Waals surface area contributed by atoms with Gasteiger partial charge in [0.2, 0.25) is 0 Å². The van der Waals surface area contributed by atoms with E-state index in [2.05, 4.69) is 32.1 Å². The number of carbonyl (C=O) groups excluding carboxylic acids is 2. The van der Waals surface area contributed by atoms with Crippen molar-refractivity contribution in [2.45, 2.75) is 0 Å². The van der Waals surface area contributed by atoms with Crippen LogP contribution in [0.3, 0.4) is 0 Å². The summed E-state index contributed by atoms with van der Waals surface area (Å²) in [5, 5.41) is 3.05. The van der Waals surface area contributed by atoms with Crippen LogP contribution in [0, 0.1) is 0 Å². The first kappa shape index (κ1) is 22.2. The summed E-state index contributed by atoms with van der Waals surface area (Å²) in [6, 6.07) is 9.58. The topological polar surface area (TPSA) is 88.7 Å². The summed E-state index contributed by atoms with van der Waals surface area (Å²) >= 11 is 20.0. The van der Waals surface area contributed by atoms with Crippen molar-refractivity contribution >= 4 is 68.3 Å². The lowest BCUT2D eigenvalue weighted by atomic mass is 10.2. The molecule has 0 aromatic heterocycles. The molecule has 28 heavy (non-hydrogen) atoms. The molecule has 7 nitrogen and oxygen atoms in total. The molecule has 148 valence electrons. The molecule has 11 heteroatoms. The SMILES string of the molecule is COc1ccc(Br)cc1C(=O)NC(=S)NNC(=O)COc1ccc(Cl)cc1Cl. The van der Waals surface area contributed by atoms with E-state index >= 15 is 0 Å². The summed E-state index contributed by atoms with van der Waals surface area (Å²) in [7, 11) is 1.45. The molecule has 2 aromatic carbocycles. The number of thiocarbonyl (C=S) groups is 1. The van der Waals surface area contributed by atoms with Crippen molar-refractivity contribution in [3.05, 3.63) is 56.5 Å². The number of nitrogens with one attached hydrogen (secondary N) is 3. The number of ether oxygens (including phenoxy) is 2. The Morgan fingerprint density at radius 2 is 1.82 bits per heavy atom. The number of benzene rings is 2. The van der Waals surface area contributed by atoms with Crippen molar-refractivity contribution in [3.63, 3.8) is 0 Å². The van der Waals surface area contributed by atoms with Crippen molar-refractivity contribution in [1.29, 1.82) is 0 Å². The molecule has 0 fully saturated rings. The van der Waals surface area contributed by atoms with E-state index in [1.54, 1.807) is 30.3 Å². The summed E-state index contributed by atoms with van der Waals surface area (Å²) in [5.41, 5.74) is 4.98. The molecule has 0 radical (unpaired) electrons. The van der Waals surface area contributed by atoms with E-state index in [-0.39, 0.29) is 22.3 Å². The van der Waals surface area contributed by atoms with E-state index in [1.165, 1.54) is 13.2 Å². The molecule has 0 heterocycles. The molecule has 0 aliphatic carbocycles. The number of halogens is 3. The van der Waals surface area contributed by atoms with Gasteiger partial charge >= 0.3 is 0 Å². The third-order valence-corrected chi connectivity index (χ3v) is 4.43. The fourth-order valence-electron chi connectivity index (χ4n) is 1.96. The molecule has 0 unspecified atom stereocenters. The van der Waals surface area contributed by atoms with E-state index < -0.39 is 11.8 Å². The molecule has 0 atom stereocenters. The van der Waals surface area contributed by atoms with Crippen molar-refractivity contribution in [2.24, 2.45) is 0 Å². The maximum Gasteiger partial charge on any atom is 0.276 e. The molecule has 0 bridgehead atoms. The number of amides is 2. The fraction of sp³-hybridized carbons (Fsp3) is 0.118. The van der Waals surface area contributed by atoms with E-state index in [1.807, 2.05) is 0 Å². The van der Waals surface area contributed by atoms with Gasteiger partial charge in [-0.3, -0.25) is 25.8 Å². The van der Waals surface area contributed by atoms with Gasteiger partial charge in [-0.25, -0.2) is 0 Å². The van der Waals surface area contributed by atoms with Crippen molar-refractivity contribution in [1.82, 2.24) is 16.2 Å². The first-order valence-corrected chi connectivity index (χ1v) is 9.57. The third kappa shape index (κ3) is 6.52. The first-order valence-electron chi connectivity index (χ1n) is 7.61. The van der Waals surface area contributed by atoms with Gasteiger partial charge in [-0.1, -0.05) is 39.1 Å². The molecule has 0 spiro atoms. The Bertz CT molecular complexity index is 914. The monoisotopic (exact) mass is 505 g/mol. The lowest BCUT2D eigenvalue weighted by Gasteiger charge is -2.13. The van der Waals surface area contributed by atoms with Crippen LogP contribution in [0.2, 0.25) is 10.0 Å². The number of rotatable bonds is 5. The molecule has 0 aliphatic rings. The van der Waals surface area contributed by atoms with Gasteiger partial charge in [-0.2, -0.15) is 0 Å². The van der Waals surface area contributed by atoms with Gasteiger partial charge in [0.15, 0.2) is 11.7 Å². The zero-order valence-corrected chi connectivity index (χ0v) is 18.3. The van der Waals surface area contributed by atoms with Gasteiger partial charge in [0, 0.05) is 9.50 Å². The second-order valence-electron chi connectivity index (χ2n) is 5.16. The van der Waals surface area contributed by atoms with Gasteiger partial charge < -0.3 is 9.47 Å². The number of hydrogen-bond acceptors (Lipinski definition) is 5. The van der Waals surface area contributed by atoms with E-state index in [0.717, 1.165) is 0 Å². The lowest BCUT2D eigenvalue weighted by Crippen LogP contribution is -2.49. The van der Waals surface area contributed by atoms with Crippen molar-refractivity contribution in [2.75, 3.05) is 13.7 Å². The molecule has 2 aromatic rings. The highest BCUT2D eigenvalue weighted by Crippen LogP contribution is 2.27. The normalized spacial score (nSPS) is 10.0. The molecule has 0 saturated carbocycles. The Kier molecular flexibility index (Phi) is 8.31. The summed E-state index contributed by atoms with van der Waals surface area (Å²) in [6.45, 7) is -0.329. The Morgan fingerprint density at radius 3 is 2.50 bits per heavy atom. The van der Waals surface area contributed by atoms with Crippen LogP contribution >= 0.6 is 51.3 Å². The molecule has 0 saturated heterocycles. The molecular formula is C17H14BrCl2N3O4S. The standard InChI is InChI=1S/C17H14BrCl2N3O4S/c1-26-13-4-2-9(18)6-11(13)16(25)21-17(28)23-22-15(24)8-27-14-5-3-10(19)7-12(14)20/h2-7H,8H2,1H3,(H,22,24)(H2,21,23,25,28). The van der Waals surface area contributed by atoms with Crippen LogP contribution in [0.25, 0.3) is 0 Å². The van der Waals surface area contributed by atoms with Gasteiger partial charge in [0.25, 0.3) is 11.8 Å². The van der Waals surface area contributed by atoms with E-state index in [0.29, 0.717) is 21.0 Å². The Hall–Kier alpha value is -2.07. The molecule has 0 aliphatic heterocycles. The van der Waals surface area contributed by atoms with Crippen LogP contribution in [-0.4, -0.2) is 30.6 Å². The van der Waals surface area contributed by atoms with Crippen molar-refractivity contribution in [3.8, 4) is 11.5 Å². The number of methoxy groups -OCH3 is 1. The average Bonchev–Trinajstić information content (AvgIpc) is 2.65. The van der Waals surface area contributed by atoms with E-state index in [9.17, 15) is 9.59 Å². The minimum Gasteiger partial charge on any atom is -0.496 e. The van der Waals surface area contributed by atoms with E-state index in [4.69, 9.17) is 44.9 Å². The van der Waals surface area contributed by atoms with Gasteiger partial charge in [0.05, 0.1) is 17.7 Å². The quantitative estimate of drug-likeness (QED) is 0.425. The van der Waals surface area contributed by atoms with Gasteiger partial charge in [0.1, 0.15) is 11.5 Å². The summed E-state index contributed by atoms with van der Waals surface area (Å²) in [6.07, 6.45) is 0. The summed E-state index contributed by atoms with van der Waals surface area (Å²) in [5.74, 6) is -0.364. The highest BCUT2D eigenvalue weighted by atomic mass is 79.9. The predicted octanol–water partition coefficient (Wildman–Crippen LogP) is 3.48.